The first kappa shape index (κ1) is 22.1. The van der Waals surface area contributed by atoms with E-state index in [1.165, 1.54) is 22.2 Å². The molecule has 33 heavy (non-hydrogen) atoms. The molecule has 5 rings (SSSR count). The summed E-state index contributed by atoms with van der Waals surface area (Å²) >= 11 is 1.85. The van der Waals surface area contributed by atoms with Gasteiger partial charge in [0.25, 0.3) is 0 Å². The van der Waals surface area contributed by atoms with Crippen molar-refractivity contribution < 1.29 is 9.21 Å². The van der Waals surface area contributed by atoms with Crippen molar-refractivity contribution in [3.05, 3.63) is 46.5 Å². The van der Waals surface area contributed by atoms with Crippen molar-refractivity contribution in [2.75, 3.05) is 31.1 Å². The first-order valence-corrected chi connectivity index (χ1v) is 12.6. The lowest BCUT2D eigenvalue weighted by molar-refractivity contribution is -0.126. The smallest absolute Gasteiger partial charge is 0.246 e. The summed E-state index contributed by atoms with van der Waals surface area (Å²) in [7, 11) is 0. The summed E-state index contributed by atoms with van der Waals surface area (Å²) < 4.78 is 5.52. The summed E-state index contributed by atoms with van der Waals surface area (Å²) in [6.45, 7) is 11.9. The largest absolute Gasteiger partial charge is 0.462 e. The van der Waals surface area contributed by atoms with Crippen LogP contribution >= 0.6 is 11.3 Å². The molecule has 2 aliphatic rings. The van der Waals surface area contributed by atoms with Gasteiger partial charge in [-0.05, 0) is 61.3 Å². The number of carbonyl (C=O) groups is 1. The Morgan fingerprint density at radius 2 is 1.97 bits per heavy atom. The number of hydrogen-bond donors (Lipinski definition) is 0. The molecule has 0 radical (unpaired) electrons. The first-order valence-electron chi connectivity index (χ1n) is 11.8. The van der Waals surface area contributed by atoms with Crippen molar-refractivity contribution in [3.63, 3.8) is 0 Å². The molecule has 1 saturated heterocycles. The lowest BCUT2D eigenvalue weighted by Gasteiger charge is -2.36. The van der Waals surface area contributed by atoms with Crippen LogP contribution < -0.4 is 4.90 Å². The molecule has 1 fully saturated rings. The number of aromatic nitrogens is 2. The normalized spacial score (nSPS) is 19.5. The summed E-state index contributed by atoms with van der Waals surface area (Å²) in [6, 6.07) is 3.78. The average Bonchev–Trinajstić information content (AvgIpc) is 3.39. The fourth-order valence-electron chi connectivity index (χ4n) is 5.01. The van der Waals surface area contributed by atoms with Crippen molar-refractivity contribution >= 4 is 39.4 Å². The van der Waals surface area contributed by atoms with Crippen molar-refractivity contribution in [2.45, 2.75) is 47.0 Å². The van der Waals surface area contributed by atoms with Gasteiger partial charge in [0.05, 0.1) is 5.39 Å². The number of carbonyl (C=O) groups excluding carboxylic acids is 1. The highest BCUT2D eigenvalue weighted by molar-refractivity contribution is 7.19. The van der Waals surface area contributed by atoms with Gasteiger partial charge >= 0.3 is 0 Å². The second-order valence-electron chi connectivity index (χ2n) is 10.3. The molecular weight excluding hydrogens is 432 g/mol. The van der Waals surface area contributed by atoms with E-state index in [-0.39, 0.29) is 5.91 Å². The fourth-order valence-corrected chi connectivity index (χ4v) is 6.27. The number of amides is 1. The third-order valence-corrected chi connectivity index (χ3v) is 8.25. The molecule has 0 saturated carbocycles. The van der Waals surface area contributed by atoms with E-state index >= 15 is 0 Å². The van der Waals surface area contributed by atoms with E-state index < -0.39 is 0 Å². The second-order valence-corrected chi connectivity index (χ2v) is 11.4. The molecule has 6 nitrogen and oxygen atoms in total. The lowest BCUT2D eigenvalue weighted by atomic mass is 9.72. The summed E-state index contributed by atoms with van der Waals surface area (Å²) in [6.07, 6.45) is 8.53. The molecule has 1 atom stereocenters. The number of nitrogens with zero attached hydrogens (tertiary/aromatic N) is 4. The number of furan rings is 1. The number of hydrogen-bond acceptors (Lipinski definition) is 6. The molecule has 1 aliphatic heterocycles. The van der Waals surface area contributed by atoms with Crippen LogP contribution in [0.15, 0.2) is 29.0 Å². The van der Waals surface area contributed by atoms with Gasteiger partial charge in [-0.3, -0.25) is 4.79 Å². The number of thiophene rings is 1. The second kappa shape index (κ2) is 8.60. The predicted octanol–water partition coefficient (Wildman–Crippen LogP) is 5.11. The zero-order chi connectivity index (χ0) is 23.2. The van der Waals surface area contributed by atoms with Crippen LogP contribution in [0.3, 0.4) is 0 Å². The minimum absolute atomic E-state index is 0.0256. The Labute approximate surface area is 199 Å². The molecule has 174 valence electrons. The Morgan fingerprint density at radius 1 is 1.18 bits per heavy atom. The van der Waals surface area contributed by atoms with Crippen molar-refractivity contribution in [1.29, 1.82) is 0 Å². The molecule has 3 aromatic rings. The molecule has 0 bridgehead atoms. The predicted molar refractivity (Wildman–Crippen MR) is 134 cm³/mol. The van der Waals surface area contributed by atoms with E-state index in [0.29, 0.717) is 30.2 Å². The molecule has 0 spiro atoms. The quantitative estimate of drug-likeness (QED) is 0.504. The Balaban J connectivity index is 1.30. The van der Waals surface area contributed by atoms with Gasteiger partial charge in [0.2, 0.25) is 5.91 Å². The van der Waals surface area contributed by atoms with E-state index in [2.05, 4.69) is 30.7 Å². The number of piperazine rings is 1. The number of aryl methyl sites for hydroxylation is 2. The number of rotatable bonds is 3. The Hall–Kier alpha value is -2.67. The molecule has 1 unspecified atom stereocenters. The van der Waals surface area contributed by atoms with Gasteiger partial charge < -0.3 is 14.2 Å². The van der Waals surface area contributed by atoms with Crippen molar-refractivity contribution in [1.82, 2.24) is 14.9 Å². The molecule has 1 aliphatic carbocycles. The van der Waals surface area contributed by atoms with E-state index in [1.807, 2.05) is 35.3 Å². The van der Waals surface area contributed by atoms with Crippen LogP contribution in [0.2, 0.25) is 0 Å². The van der Waals surface area contributed by atoms with Crippen LogP contribution in [0.5, 0.6) is 0 Å². The summed E-state index contributed by atoms with van der Waals surface area (Å²) in [5, 5.41) is 1.25. The van der Waals surface area contributed by atoms with Gasteiger partial charge in [0.15, 0.2) is 0 Å². The highest BCUT2D eigenvalue weighted by Gasteiger charge is 2.32. The Morgan fingerprint density at radius 3 is 2.67 bits per heavy atom. The van der Waals surface area contributed by atoms with Crippen LogP contribution in [0, 0.1) is 18.3 Å². The minimum atomic E-state index is 0.0256. The van der Waals surface area contributed by atoms with Gasteiger partial charge in [0, 0.05) is 37.1 Å². The number of anilines is 1. The van der Waals surface area contributed by atoms with E-state index in [0.717, 1.165) is 42.3 Å². The molecule has 3 aromatic heterocycles. The Kier molecular flexibility index (Phi) is 5.77. The van der Waals surface area contributed by atoms with Crippen LogP contribution in [-0.4, -0.2) is 47.0 Å². The van der Waals surface area contributed by atoms with Crippen LogP contribution in [-0.2, 0) is 17.6 Å². The zero-order valence-electron chi connectivity index (χ0n) is 19.9. The molecule has 7 heteroatoms. The van der Waals surface area contributed by atoms with Crippen molar-refractivity contribution in [3.8, 4) is 0 Å². The van der Waals surface area contributed by atoms with Gasteiger partial charge in [0.1, 0.15) is 28.5 Å². The highest BCUT2D eigenvalue weighted by atomic mass is 32.1. The van der Waals surface area contributed by atoms with Crippen LogP contribution in [0.25, 0.3) is 16.3 Å². The molecule has 0 aromatic carbocycles. The molecular formula is C26H32N4O2S. The molecule has 1 amide bonds. The third kappa shape index (κ3) is 4.43. The van der Waals surface area contributed by atoms with E-state index in [1.54, 1.807) is 18.5 Å². The summed E-state index contributed by atoms with van der Waals surface area (Å²) in [5.41, 5.74) is 1.79. The average molecular weight is 465 g/mol. The molecule has 0 N–H and O–H groups in total. The topological polar surface area (TPSA) is 62.5 Å². The summed E-state index contributed by atoms with van der Waals surface area (Å²) in [5.74, 6) is 3.33. The maximum absolute atomic E-state index is 12.7. The van der Waals surface area contributed by atoms with Crippen LogP contribution in [0.4, 0.5) is 5.82 Å². The van der Waals surface area contributed by atoms with E-state index in [9.17, 15) is 4.79 Å². The van der Waals surface area contributed by atoms with Gasteiger partial charge in [-0.2, -0.15) is 0 Å². The maximum Gasteiger partial charge on any atom is 0.246 e. The first-order chi connectivity index (χ1) is 15.8. The van der Waals surface area contributed by atoms with E-state index in [4.69, 9.17) is 9.40 Å². The third-order valence-electron chi connectivity index (χ3n) is 7.09. The SMILES string of the molecule is Cc1ccc(/C=C/C(=O)N2CCN(c3ncnc4sc5c(c34)CCC(C(C)(C)C)C5)CC2)o1. The lowest BCUT2D eigenvalue weighted by Crippen LogP contribution is -2.48. The Bertz CT molecular complexity index is 1190. The monoisotopic (exact) mass is 464 g/mol. The van der Waals surface area contributed by atoms with Gasteiger partial charge in [-0.25, -0.2) is 9.97 Å². The standard InChI is InChI=1S/C26H32N4O2S/c1-17-5-7-19(32-17)8-10-22(31)29-11-13-30(14-12-29)24-23-20-9-6-18(26(2,3)4)15-21(20)33-25(23)28-16-27-24/h5,7-8,10,16,18H,6,9,11-15H2,1-4H3/b10-8+. The zero-order valence-corrected chi connectivity index (χ0v) is 20.7. The van der Waals surface area contributed by atoms with Crippen LogP contribution in [0.1, 0.15) is 49.2 Å². The maximum atomic E-state index is 12.7. The minimum Gasteiger partial charge on any atom is -0.462 e. The molecule has 4 heterocycles. The summed E-state index contributed by atoms with van der Waals surface area (Å²) in [4.78, 5) is 28.8. The van der Waals surface area contributed by atoms with Crippen molar-refractivity contribution in [2.24, 2.45) is 11.3 Å². The van der Waals surface area contributed by atoms with Gasteiger partial charge in [-0.1, -0.05) is 20.8 Å². The van der Waals surface area contributed by atoms with Gasteiger partial charge in [-0.15, -0.1) is 11.3 Å². The number of fused-ring (bicyclic) bond motifs is 3. The highest BCUT2D eigenvalue weighted by Crippen LogP contribution is 2.44. The fraction of sp³-hybridized carbons (Fsp3) is 0.500.